The molecule has 0 saturated heterocycles. The van der Waals surface area contributed by atoms with E-state index >= 15 is 0 Å². The van der Waals surface area contributed by atoms with Crippen molar-refractivity contribution in [1.29, 1.82) is 0 Å². The fourth-order valence-corrected chi connectivity index (χ4v) is 2.58. The minimum atomic E-state index is 0.0960. The summed E-state index contributed by atoms with van der Waals surface area (Å²) < 4.78 is 0. The van der Waals surface area contributed by atoms with Crippen molar-refractivity contribution in [3.05, 3.63) is 34.3 Å². The van der Waals surface area contributed by atoms with E-state index in [1.165, 1.54) is 0 Å². The number of rotatable bonds is 3. The molecule has 0 amide bonds. The second-order valence-corrected chi connectivity index (χ2v) is 4.66. The third kappa shape index (κ3) is 2.04. The van der Waals surface area contributed by atoms with Gasteiger partial charge in [0, 0.05) is 17.4 Å². The van der Waals surface area contributed by atoms with Crippen molar-refractivity contribution in [2.24, 2.45) is 5.92 Å². The fraction of sp³-hybridized carbons (Fsp3) is 0.417. The summed E-state index contributed by atoms with van der Waals surface area (Å²) in [6, 6.07) is 5.67. The van der Waals surface area contributed by atoms with Crippen LogP contribution in [0.3, 0.4) is 0 Å². The summed E-state index contributed by atoms with van der Waals surface area (Å²) in [6.45, 7) is 0. The van der Waals surface area contributed by atoms with Crippen LogP contribution in [0.15, 0.2) is 18.2 Å². The predicted octanol–water partition coefficient (Wildman–Crippen LogP) is 3.71. The summed E-state index contributed by atoms with van der Waals surface area (Å²) in [6.07, 6.45) is 2.59. The number of fused-ring (bicyclic) bond motifs is 1. The van der Waals surface area contributed by atoms with Crippen LogP contribution in [0.25, 0.3) is 0 Å². The van der Waals surface area contributed by atoms with Crippen LogP contribution in [0.1, 0.15) is 28.8 Å². The van der Waals surface area contributed by atoms with Crippen molar-refractivity contribution in [2.75, 3.05) is 5.88 Å². The molecule has 1 aliphatic carbocycles. The average Bonchev–Trinajstić information content (AvgIpc) is 2.54. The van der Waals surface area contributed by atoms with Gasteiger partial charge in [0.1, 0.15) is 0 Å². The first-order chi connectivity index (χ1) is 7.24. The van der Waals surface area contributed by atoms with E-state index in [9.17, 15) is 4.79 Å². The Balaban J connectivity index is 2.22. The number of benzene rings is 1. The summed E-state index contributed by atoms with van der Waals surface area (Å²) in [4.78, 5) is 12.0. The van der Waals surface area contributed by atoms with E-state index in [1.807, 2.05) is 12.1 Å². The Morgan fingerprint density at radius 1 is 1.40 bits per heavy atom. The maximum absolute atomic E-state index is 12.0. The smallest absolute Gasteiger partial charge is 0.168 e. The summed E-state index contributed by atoms with van der Waals surface area (Å²) in [5.41, 5.74) is 1.82. The normalized spacial score (nSPS) is 19.3. The molecule has 0 fully saturated rings. The lowest BCUT2D eigenvalue weighted by molar-refractivity contribution is 0.0930. The zero-order chi connectivity index (χ0) is 10.8. The monoisotopic (exact) mass is 242 g/mol. The Hall–Kier alpha value is -0.530. The standard InChI is InChI=1S/C12H12Cl2O/c13-6-2-4-9-7-8-3-1-5-10(14)11(8)12(9)15/h1,3,5,9H,2,4,6-7H2. The third-order valence-electron chi connectivity index (χ3n) is 2.87. The van der Waals surface area contributed by atoms with Crippen molar-refractivity contribution in [3.63, 3.8) is 0 Å². The SMILES string of the molecule is O=C1c2c(Cl)cccc2CC1CCCCl. The lowest BCUT2D eigenvalue weighted by Crippen LogP contribution is -2.09. The molecule has 1 unspecified atom stereocenters. The minimum absolute atomic E-state index is 0.0960. The van der Waals surface area contributed by atoms with Crippen LogP contribution in [0.2, 0.25) is 5.02 Å². The zero-order valence-corrected chi connectivity index (χ0v) is 9.81. The Kier molecular flexibility index (Phi) is 3.32. The van der Waals surface area contributed by atoms with Crippen LogP contribution in [-0.2, 0) is 6.42 Å². The van der Waals surface area contributed by atoms with Crippen molar-refractivity contribution >= 4 is 29.0 Å². The number of hydrogen-bond donors (Lipinski definition) is 0. The van der Waals surface area contributed by atoms with Gasteiger partial charge in [0.05, 0.1) is 5.02 Å². The molecule has 3 heteroatoms. The fourth-order valence-electron chi connectivity index (χ4n) is 2.13. The van der Waals surface area contributed by atoms with Gasteiger partial charge in [0.25, 0.3) is 0 Å². The average molecular weight is 243 g/mol. The van der Waals surface area contributed by atoms with Gasteiger partial charge in [-0.25, -0.2) is 0 Å². The van der Waals surface area contributed by atoms with Gasteiger partial charge < -0.3 is 0 Å². The van der Waals surface area contributed by atoms with E-state index in [0.717, 1.165) is 30.4 Å². The number of ketones is 1. The Bertz CT molecular complexity index is 387. The number of Topliss-reactive ketones (excluding diaryl/α,β-unsaturated/α-hetero) is 1. The quantitative estimate of drug-likeness (QED) is 0.739. The first-order valence-corrected chi connectivity index (χ1v) is 6.03. The number of alkyl halides is 1. The molecule has 0 heterocycles. The van der Waals surface area contributed by atoms with Crippen molar-refractivity contribution in [1.82, 2.24) is 0 Å². The molecular weight excluding hydrogens is 231 g/mol. The molecule has 15 heavy (non-hydrogen) atoms. The molecule has 0 N–H and O–H groups in total. The van der Waals surface area contributed by atoms with Gasteiger partial charge in [0.2, 0.25) is 0 Å². The van der Waals surface area contributed by atoms with E-state index in [4.69, 9.17) is 23.2 Å². The van der Waals surface area contributed by atoms with E-state index in [2.05, 4.69) is 0 Å². The molecule has 0 aliphatic heterocycles. The van der Waals surface area contributed by atoms with Gasteiger partial charge in [-0.3, -0.25) is 4.79 Å². The lowest BCUT2D eigenvalue weighted by atomic mass is 10.00. The molecule has 2 rings (SSSR count). The first kappa shape index (κ1) is 11.0. The molecule has 1 aromatic rings. The topological polar surface area (TPSA) is 17.1 Å². The van der Waals surface area contributed by atoms with Crippen LogP contribution in [0.5, 0.6) is 0 Å². The molecule has 80 valence electrons. The van der Waals surface area contributed by atoms with E-state index in [0.29, 0.717) is 10.9 Å². The molecule has 0 radical (unpaired) electrons. The minimum Gasteiger partial charge on any atom is -0.294 e. The molecule has 1 aliphatic rings. The van der Waals surface area contributed by atoms with Crippen LogP contribution in [-0.4, -0.2) is 11.7 Å². The molecule has 1 aromatic carbocycles. The zero-order valence-electron chi connectivity index (χ0n) is 8.30. The third-order valence-corrected chi connectivity index (χ3v) is 3.45. The van der Waals surface area contributed by atoms with Gasteiger partial charge in [0.15, 0.2) is 5.78 Å². The maximum Gasteiger partial charge on any atom is 0.168 e. The highest BCUT2D eigenvalue weighted by molar-refractivity contribution is 6.34. The molecule has 0 saturated carbocycles. The number of hydrogen-bond acceptors (Lipinski definition) is 1. The Labute approximate surface area is 99.4 Å². The summed E-state index contributed by atoms with van der Waals surface area (Å²) in [5.74, 6) is 0.910. The highest BCUT2D eigenvalue weighted by Gasteiger charge is 2.31. The van der Waals surface area contributed by atoms with Gasteiger partial charge in [-0.1, -0.05) is 23.7 Å². The van der Waals surface area contributed by atoms with Crippen molar-refractivity contribution in [2.45, 2.75) is 19.3 Å². The molecule has 0 bridgehead atoms. The summed E-state index contributed by atoms with van der Waals surface area (Å²) >= 11 is 11.6. The van der Waals surface area contributed by atoms with Gasteiger partial charge in [-0.05, 0) is 30.9 Å². The van der Waals surface area contributed by atoms with Crippen LogP contribution in [0.4, 0.5) is 0 Å². The highest BCUT2D eigenvalue weighted by atomic mass is 35.5. The van der Waals surface area contributed by atoms with Crippen molar-refractivity contribution < 1.29 is 4.79 Å². The Morgan fingerprint density at radius 2 is 2.20 bits per heavy atom. The first-order valence-electron chi connectivity index (χ1n) is 5.11. The molecular formula is C12H12Cl2O. The lowest BCUT2D eigenvalue weighted by Gasteiger charge is -2.05. The molecule has 1 nitrogen and oxygen atoms in total. The number of halogens is 2. The summed E-state index contributed by atoms with van der Waals surface area (Å²) in [5, 5.41) is 0.589. The Morgan fingerprint density at radius 3 is 2.87 bits per heavy atom. The molecule has 0 aromatic heterocycles. The second kappa shape index (κ2) is 4.54. The predicted molar refractivity (Wildman–Crippen MR) is 62.9 cm³/mol. The van der Waals surface area contributed by atoms with Crippen LogP contribution >= 0.6 is 23.2 Å². The van der Waals surface area contributed by atoms with E-state index < -0.39 is 0 Å². The number of carbonyl (C=O) groups excluding carboxylic acids is 1. The largest absolute Gasteiger partial charge is 0.294 e. The van der Waals surface area contributed by atoms with E-state index in [1.54, 1.807) is 6.07 Å². The maximum atomic E-state index is 12.0. The summed E-state index contributed by atoms with van der Waals surface area (Å²) in [7, 11) is 0. The second-order valence-electron chi connectivity index (χ2n) is 3.87. The van der Waals surface area contributed by atoms with Crippen LogP contribution in [0, 0.1) is 5.92 Å². The van der Waals surface area contributed by atoms with Gasteiger partial charge in [-0.15, -0.1) is 11.6 Å². The van der Waals surface area contributed by atoms with Gasteiger partial charge >= 0.3 is 0 Å². The highest BCUT2D eigenvalue weighted by Crippen LogP contribution is 2.34. The molecule has 1 atom stereocenters. The van der Waals surface area contributed by atoms with Crippen molar-refractivity contribution in [3.8, 4) is 0 Å². The van der Waals surface area contributed by atoms with Crippen LogP contribution < -0.4 is 0 Å². The van der Waals surface area contributed by atoms with Gasteiger partial charge in [-0.2, -0.15) is 0 Å². The van der Waals surface area contributed by atoms with E-state index in [-0.39, 0.29) is 11.7 Å². The number of carbonyl (C=O) groups is 1. The molecule has 0 spiro atoms.